The summed E-state index contributed by atoms with van der Waals surface area (Å²) in [5.41, 5.74) is 1.40. The number of aromatic amines is 2. The molecule has 0 spiro atoms. The Hall–Kier alpha value is -2.68. The van der Waals surface area contributed by atoms with E-state index in [2.05, 4.69) is 25.3 Å². The van der Waals surface area contributed by atoms with E-state index in [9.17, 15) is 13.2 Å². The molecule has 0 fully saturated rings. The van der Waals surface area contributed by atoms with Gasteiger partial charge in [0.05, 0.1) is 17.0 Å². The molecule has 0 atom stereocenters. The van der Waals surface area contributed by atoms with Crippen molar-refractivity contribution in [2.45, 2.75) is 24.7 Å². The van der Waals surface area contributed by atoms with E-state index in [0.29, 0.717) is 41.4 Å². The molecule has 2 aromatic heterocycles. The lowest BCUT2D eigenvalue weighted by molar-refractivity contribution is 0.592. The summed E-state index contributed by atoms with van der Waals surface area (Å²) in [4.78, 5) is 25.6. The van der Waals surface area contributed by atoms with Crippen LogP contribution in [-0.2, 0) is 9.84 Å². The standard InChI is InChI=1S/C16H19N5O3S/c1-11-4-6-12(7-5-11)25(23,24)9-3-2-8-17-16-20-14-13(15(22)21-16)18-10-19-14/h4-7,10H,2-3,8-9H2,1H3,(H3,17,18,19,20,21,22). The van der Waals surface area contributed by atoms with Crippen molar-refractivity contribution in [3.8, 4) is 0 Å². The third-order valence-electron chi connectivity index (χ3n) is 3.81. The molecule has 0 aliphatic carbocycles. The minimum Gasteiger partial charge on any atom is -0.356 e. The van der Waals surface area contributed by atoms with Crippen molar-refractivity contribution in [1.82, 2.24) is 19.9 Å². The van der Waals surface area contributed by atoms with Gasteiger partial charge < -0.3 is 10.3 Å². The quantitative estimate of drug-likeness (QED) is 0.550. The number of nitrogens with zero attached hydrogens (tertiary/aromatic N) is 2. The van der Waals surface area contributed by atoms with E-state index in [4.69, 9.17) is 0 Å². The van der Waals surface area contributed by atoms with Crippen LogP contribution >= 0.6 is 0 Å². The highest BCUT2D eigenvalue weighted by Crippen LogP contribution is 2.13. The largest absolute Gasteiger partial charge is 0.356 e. The number of hydrogen-bond acceptors (Lipinski definition) is 6. The lowest BCUT2D eigenvalue weighted by atomic mass is 10.2. The van der Waals surface area contributed by atoms with Gasteiger partial charge >= 0.3 is 0 Å². The Kier molecular flexibility index (Phi) is 4.84. The van der Waals surface area contributed by atoms with Gasteiger partial charge in [-0.3, -0.25) is 9.78 Å². The number of aromatic nitrogens is 4. The molecule has 3 rings (SSSR count). The Morgan fingerprint density at radius 2 is 1.92 bits per heavy atom. The normalized spacial score (nSPS) is 11.7. The number of hydrogen-bond donors (Lipinski definition) is 3. The first-order valence-corrected chi connectivity index (χ1v) is 9.58. The van der Waals surface area contributed by atoms with Gasteiger partial charge in [0.15, 0.2) is 21.0 Å². The van der Waals surface area contributed by atoms with Crippen molar-refractivity contribution < 1.29 is 8.42 Å². The molecular weight excluding hydrogens is 342 g/mol. The summed E-state index contributed by atoms with van der Waals surface area (Å²) in [7, 11) is -3.27. The molecule has 0 amide bonds. The van der Waals surface area contributed by atoms with Crippen LogP contribution in [0.3, 0.4) is 0 Å². The maximum Gasteiger partial charge on any atom is 0.278 e. The summed E-state index contributed by atoms with van der Waals surface area (Å²) in [5.74, 6) is 0.408. The zero-order chi connectivity index (χ0) is 17.9. The fraction of sp³-hybridized carbons (Fsp3) is 0.312. The fourth-order valence-electron chi connectivity index (χ4n) is 2.41. The van der Waals surface area contributed by atoms with Crippen LogP contribution in [0.4, 0.5) is 5.95 Å². The highest BCUT2D eigenvalue weighted by molar-refractivity contribution is 7.91. The molecule has 0 unspecified atom stereocenters. The molecule has 25 heavy (non-hydrogen) atoms. The van der Waals surface area contributed by atoms with Gasteiger partial charge in [0.25, 0.3) is 5.56 Å². The Labute approximate surface area is 144 Å². The molecule has 9 heteroatoms. The molecule has 0 aliphatic rings. The molecule has 0 saturated carbocycles. The average Bonchev–Trinajstić information content (AvgIpc) is 3.04. The summed E-state index contributed by atoms with van der Waals surface area (Å²) in [5, 5.41) is 2.99. The first kappa shape index (κ1) is 17.2. The number of unbranched alkanes of at least 4 members (excludes halogenated alkanes) is 1. The number of nitrogens with one attached hydrogen (secondary N) is 3. The Morgan fingerprint density at radius 1 is 1.16 bits per heavy atom. The molecule has 0 saturated heterocycles. The Bertz CT molecular complexity index is 1020. The molecule has 8 nitrogen and oxygen atoms in total. The van der Waals surface area contributed by atoms with Gasteiger partial charge in [-0.25, -0.2) is 13.4 Å². The number of fused-ring (bicyclic) bond motifs is 1. The van der Waals surface area contributed by atoms with Crippen molar-refractivity contribution in [2.75, 3.05) is 17.6 Å². The van der Waals surface area contributed by atoms with Gasteiger partial charge in [0.1, 0.15) is 0 Å². The van der Waals surface area contributed by atoms with Crippen molar-refractivity contribution in [3.05, 3.63) is 46.5 Å². The summed E-state index contributed by atoms with van der Waals surface area (Å²) < 4.78 is 24.5. The second kappa shape index (κ2) is 7.06. The van der Waals surface area contributed by atoms with Crippen LogP contribution in [-0.4, -0.2) is 40.7 Å². The fourth-order valence-corrected chi connectivity index (χ4v) is 3.78. The number of anilines is 1. The summed E-state index contributed by atoms with van der Waals surface area (Å²) >= 11 is 0. The van der Waals surface area contributed by atoms with E-state index in [-0.39, 0.29) is 11.3 Å². The first-order valence-electron chi connectivity index (χ1n) is 7.92. The second-order valence-corrected chi connectivity index (χ2v) is 7.89. The average molecular weight is 361 g/mol. The zero-order valence-electron chi connectivity index (χ0n) is 13.7. The molecule has 3 N–H and O–H groups in total. The molecule has 3 aromatic rings. The number of sulfone groups is 1. The molecule has 132 valence electrons. The lowest BCUT2D eigenvalue weighted by Gasteiger charge is -2.06. The third kappa shape index (κ3) is 4.05. The van der Waals surface area contributed by atoms with Gasteiger partial charge in [0, 0.05) is 6.54 Å². The number of H-pyrrole nitrogens is 2. The molecule has 0 radical (unpaired) electrons. The highest BCUT2D eigenvalue weighted by Gasteiger charge is 2.13. The van der Waals surface area contributed by atoms with Crippen LogP contribution in [0.1, 0.15) is 18.4 Å². The van der Waals surface area contributed by atoms with Crippen molar-refractivity contribution in [1.29, 1.82) is 0 Å². The van der Waals surface area contributed by atoms with Gasteiger partial charge in [-0.15, -0.1) is 0 Å². The Balaban J connectivity index is 1.51. The predicted octanol–water partition coefficient (Wildman–Crippen LogP) is 1.62. The van der Waals surface area contributed by atoms with E-state index in [0.717, 1.165) is 5.56 Å². The van der Waals surface area contributed by atoms with E-state index in [1.165, 1.54) is 6.33 Å². The van der Waals surface area contributed by atoms with Crippen molar-refractivity contribution in [2.24, 2.45) is 0 Å². The van der Waals surface area contributed by atoms with Crippen LogP contribution in [0, 0.1) is 6.92 Å². The summed E-state index contributed by atoms with van der Waals surface area (Å²) in [6, 6.07) is 6.86. The van der Waals surface area contributed by atoms with Crippen molar-refractivity contribution in [3.63, 3.8) is 0 Å². The summed E-state index contributed by atoms with van der Waals surface area (Å²) in [6.45, 7) is 2.42. The van der Waals surface area contributed by atoms with E-state index >= 15 is 0 Å². The second-order valence-electron chi connectivity index (χ2n) is 5.78. The monoisotopic (exact) mass is 361 g/mol. The van der Waals surface area contributed by atoms with Gasteiger partial charge in [0.2, 0.25) is 5.95 Å². The first-order chi connectivity index (χ1) is 12.0. The van der Waals surface area contributed by atoms with Gasteiger partial charge in [-0.05, 0) is 31.9 Å². The predicted molar refractivity (Wildman–Crippen MR) is 95.5 cm³/mol. The van der Waals surface area contributed by atoms with Crippen molar-refractivity contribution >= 4 is 26.9 Å². The maximum atomic E-state index is 12.2. The zero-order valence-corrected chi connectivity index (χ0v) is 14.6. The van der Waals surface area contributed by atoms with E-state index in [1.54, 1.807) is 24.3 Å². The maximum absolute atomic E-state index is 12.2. The minimum atomic E-state index is -3.27. The molecule has 2 heterocycles. The molecule has 0 aliphatic heterocycles. The number of imidazole rings is 1. The van der Waals surface area contributed by atoms with Gasteiger partial charge in [-0.2, -0.15) is 4.98 Å². The highest BCUT2D eigenvalue weighted by atomic mass is 32.2. The minimum absolute atomic E-state index is 0.0834. The van der Waals surface area contributed by atoms with E-state index < -0.39 is 9.84 Å². The lowest BCUT2D eigenvalue weighted by Crippen LogP contribution is -2.15. The van der Waals surface area contributed by atoms with Crippen LogP contribution in [0.5, 0.6) is 0 Å². The summed E-state index contributed by atoms with van der Waals surface area (Å²) in [6.07, 6.45) is 2.55. The van der Waals surface area contributed by atoms with Crippen LogP contribution in [0.15, 0.2) is 40.3 Å². The smallest absolute Gasteiger partial charge is 0.278 e. The van der Waals surface area contributed by atoms with Crippen LogP contribution in [0.2, 0.25) is 0 Å². The number of rotatable bonds is 7. The topological polar surface area (TPSA) is 121 Å². The molecular formula is C16H19N5O3S. The third-order valence-corrected chi connectivity index (χ3v) is 5.62. The SMILES string of the molecule is Cc1ccc(S(=O)(=O)CCCCNc2nc3nc[nH]c3c(=O)[nH]2)cc1. The Morgan fingerprint density at radius 3 is 2.68 bits per heavy atom. The van der Waals surface area contributed by atoms with Crippen LogP contribution in [0.25, 0.3) is 11.2 Å². The molecule has 1 aromatic carbocycles. The van der Waals surface area contributed by atoms with E-state index in [1.807, 2.05) is 6.92 Å². The van der Waals surface area contributed by atoms with Gasteiger partial charge in [-0.1, -0.05) is 17.7 Å². The number of aryl methyl sites for hydroxylation is 1. The number of benzene rings is 1. The van der Waals surface area contributed by atoms with Crippen LogP contribution < -0.4 is 10.9 Å². The molecule has 0 bridgehead atoms.